The van der Waals surface area contributed by atoms with E-state index in [2.05, 4.69) is 10.6 Å². The number of nitrogens with one attached hydrogen (secondary N) is 2. The van der Waals surface area contributed by atoms with Crippen molar-refractivity contribution < 1.29 is 18.9 Å². The lowest BCUT2D eigenvalue weighted by Gasteiger charge is -2.21. The number of hydrogen-bond donors (Lipinski definition) is 3. The quantitative estimate of drug-likeness (QED) is 0.634. The Labute approximate surface area is 110 Å². The van der Waals surface area contributed by atoms with Crippen molar-refractivity contribution in [3.63, 3.8) is 0 Å². The molecule has 106 valence electrons. The first kappa shape index (κ1) is 16.9. The van der Waals surface area contributed by atoms with Crippen LogP contribution in [0.5, 0.6) is 0 Å². The SMILES string of the molecule is CC[C@H](C)[C@H](NC(=O)NC(C)CS(C)=O)C(=O)O. The first-order valence-corrected chi connectivity index (χ1v) is 7.60. The average molecular weight is 278 g/mol. The van der Waals surface area contributed by atoms with E-state index in [9.17, 15) is 13.8 Å². The molecule has 0 aromatic carbocycles. The molecule has 0 radical (unpaired) electrons. The Hall–Kier alpha value is -1.11. The van der Waals surface area contributed by atoms with Gasteiger partial charge in [0, 0.05) is 28.9 Å². The minimum atomic E-state index is -1.05. The maximum Gasteiger partial charge on any atom is 0.326 e. The molecule has 4 atom stereocenters. The molecular formula is C11H22N2O4S. The molecule has 6 nitrogen and oxygen atoms in total. The summed E-state index contributed by atoms with van der Waals surface area (Å²) in [5, 5.41) is 14.0. The monoisotopic (exact) mass is 278 g/mol. The van der Waals surface area contributed by atoms with E-state index in [0.29, 0.717) is 12.2 Å². The summed E-state index contributed by atoms with van der Waals surface area (Å²) >= 11 is 0. The minimum Gasteiger partial charge on any atom is -0.480 e. The van der Waals surface area contributed by atoms with Gasteiger partial charge >= 0.3 is 12.0 Å². The van der Waals surface area contributed by atoms with Crippen LogP contribution in [0.15, 0.2) is 0 Å². The van der Waals surface area contributed by atoms with Gasteiger partial charge in [-0.05, 0) is 12.8 Å². The lowest BCUT2D eigenvalue weighted by Crippen LogP contribution is -2.51. The molecule has 0 spiro atoms. The van der Waals surface area contributed by atoms with E-state index < -0.39 is 28.8 Å². The molecule has 0 rings (SSSR count). The van der Waals surface area contributed by atoms with Crippen LogP contribution in [0, 0.1) is 5.92 Å². The molecule has 0 aliphatic rings. The van der Waals surface area contributed by atoms with Crippen molar-refractivity contribution in [3.8, 4) is 0 Å². The number of urea groups is 1. The molecular weight excluding hydrogens is 256 g/mol. The first-order valence-electron chi connectivity index (χ1n) is 5.87. The van der Waals surface area contributed by atoms with Crippen molar-refractivity contribution in [2.45, 2.75) is 39.3 Å². The molecule has 0 aliphatic heterocycles. The first-order chi connectivity index (χ1) is 8.27. The second kappa shape index (κ2) is 8.07. The highest BCUT2D eigenvalue weighted by atomic mass is 32.2. The Kier molecular flexibility index (Phi) is 7.58. The van der Waals surface area contributed by atoms with Gasteiger partial charge < -0.3 is 15.7 Å². The molecule has 7 heteroatoms. The maximum absolute atomic E-state index is 11.6. The number of hydrogen-bond acceptors (Lipinski definition) is 3. The Bertz CT molecular complexity index is 322. The van der Waals surface area contributed by atoms with Gasteiger partial charge in [-0.25, -0.2) is 9.59 Å². The lowest BCUT2D eigenvalue weighted by atomic mass is 9.99. The van der Waals surface area contributed by atoms with Gasteiger partial charge in [0.05, 0.1) is 0 Å². The largest absolute Gasteiger partial charge is 0.480 e. The van der Waals surface area contributed by atoms with Crippen LogP contribution in [0.25, 0.3) is 0 Å². The second-order valence-electron chi connectivity index (χ2n) is 4.46. The van der Waals surface area contributed by atoms with Crippen molar-refractivity contribution in [1.29, 1.82) is 0 Å². The fourth-order valence-electron chi connectivity index (χ4n) is 1.48. The highest BCUT2D eigenvalue weighted by Crippen LogP contribution is 2.07. The molecule has 2 unspecified atom stereocenters. The van der Waals surface area contributed by atoms with Gasteiger partial charge in [-0.15, -0.1) is 0 Å². The van der Waals surface area contributed by atoms with Gasteiger partial charge in [-0.3, -0.25) is 4.21 Å². The summed E-state index contributed by atoms with van der Waals surface area (Å²) in [4.78, 5) is 22.6. The number of carboxylic acid groups (broad SMARTS) is 1. The van der Waals surface area contributed by atoms with Crippen LogP contribution in [0.2, 0.25) is 0 Å². The third kappa shape index (κ3) is 6.58. The highest BCUT2D eigenvalue weighted by Gasteiger charge is 2.25. The zero-order valence-electron chi connectivity index (χ0n) is 11.2. The normalized spacial score (nSPS) is 17.3. The van der Waals surface area contributed by atoms with Crippen LogP contribution in [-0.4, -0.2) is 45.4 Å². The molecule has 0 aromatic heterocycles. The number of rotatable bonds is 7. The number of amides is 2. The summed E-state index contributed by atoms with van der Waals surface area (Å²) in [5.74, 6) is -0.857. The number of carbonyl (C=O) groups excluding carboxylic acids is 1. The van der Waals surface area contributed by atoms with Crippen molar-refractivity contribution in [2.75, 3.05) is 12.0 Å². The van der Waals surface area contributed by atoms with Crippen molar-refractivity contribution >= 4 is 22.8 Å². The summed E-state index contributed by atoms with van der Waals surface area (Å²) in [6.45, 7) is 5.35. The molecule has 0 heterocycles. The van der Waals surface area contributed by atoms with Gasteiger partial charge in [0.15, 0.2) is 0 Å². The zero-order chi connectivity index (χ0) is 14.3. The third-order valence-electron chi connectivity index (χ3n) is 2.63. The van der Waals surface area contributed by atoms with E-state index in [4.69, 9.17) is 5.11 Å². The summed E-state index contributed by atoms with van der Waals surface area (Å²) in [6.07, 6.45) is 2.21. The van der Waals surface area contributed by atoms with Gasteiger partial charge in [0.2, 0.25) is 0 Å². The van der Waals surface area contributed by atoms with E-state index in [1.807, 2.05) is 6.92 Å². The Morgan fingerprint density at radius 2 is 1.83 bits per heavy atom. The average Bonchev–Trinajstić information content (AvgIpc) is 2.23. The summed E-state index contributed by atoms with van der Waals surface area (Å²) in [5.41, 5.74) is 0. The molecule has 0 saturated heterocycles. The molecule has 0 aliphatic carbocycles. The fourth-order valence-corrected chi connectivity index (χ4v) is 2.27. The molecule has 0 aromatic rings. The van der Waals surface area contributed by atoms with Crippen LogP contribution < -0.4 is 10.6 Å². The topological polar surface area (TPSA) is 95.5 Å². The molecule has 3 N–H and O–H groups in total. The van der Waals surface area contributed by atoms with Crippen LogP contribution in [0.4, 0.5) is 4.79 Å². The van der Waals surface area contributed by atoms with Crippen molar-refractivity contribution in [3.05, 3.63) is 0 Å². The number of carbonyl (C=O) groups is 2. The lowest BCUT2D eigenvalue weighted by molar-refractivity contribution is -0.140. The zero-order valence-corrected chi connectivity index (χ0v) is 12.0. The highest BCUT2D eigenvalue weighted by molar-refractivity contribution is 7.84. The van der Waals surface area contributed by atoms with Gasteiger partial charge in [0.1, 0.15) is 6.04 Å². The van der Waals surface area contributed by atoms with Crippen molar-refractivity contribution in [2.24, 2.45) is 5.92 Å². The maximum atomic E-state index is 11.6. The molecule has 2 amide bonds. The van der Waals surface area contributed by atoms with E-state index >= 15 is 0 Å². The number of aliphatic carboxylic acids is 1. The second-order valence-corrected chi connectivity index (χ2v) is 5.94. The number of carboxylic acids is 1. The standard InChI is InChI=1S/C11H22N2O4S/c1-5-7(2)9(10(14)15)13-11(16)12-8(3)6-18(4)17/h7-9H,5-6H2,1-4H3,(H,14,15)(H2,12,13,16)/t7-,8?,9-,18?/m0/s1. The van der Waals surface area contributed by atoms with E-state index in [0.717, 1.165) is 0 Å². The van der Waals surface area contributed by atoms with E-state index in [-0.39, 0.29) is 12.0 Å². The van der Waals surface area contributed by atoms with Crippen LogP contribution in [-0.2, 0) is 15.6 Å². The summed E-state index contributed by atoms with van der Waals surface area (Å²) < 4.78 is 11.0. The Morgan fingerprint density at radius 1 is 1.28 bits per heavy atom. The van der Waals surface area contributed by atoms with Crippen molar-refractivity contribution in [1.82, 2.24) is 10.6 Å². The van der Waals surface area contributed by atoms with E-state index in [1.54, 1.807) is 20.1 Å². The predicted octanol–water partition coefficient (Wildman–Crippen LogP) is 0.552. The Morgan fingerprint density at radius 3 is 2.22 bits per heavy atom. The van der Waals surface area contributed by atoms with Gasteiger partial charge in [-0.1, -0.05) is 20.3 Å². The van der Waals surface area contributed by atoms with Crippen LogP contribution in [0.1, 0.15) is 27.2 Å². The minimum absolute atomic E-state index is 0.149. The van der Waals surface area contributed by atoms with E-state index in [1.165, 1.54) is 0 Å². The summed E-state index contributed by atoms with van der Waals surface area (Å²) in [7, 11) is -1.00. The fraction of sp³-hybridized carbons (Fsp3) is 0.818. The molecule has 18 heavy (non-hydrogen) atoms. The molecule has 0 fully saturated rings. The van der Waals surface area contributed by atoms with Gasteiger partial charge in [-0.2, -0.15) is 0 Å². The molecule has 0 bridgehead atoms. The Balaban J connectivity index is 4.34. The van der Waals surface area contributed by atoms with Gasteiger partial charge in [0.25, 0.3) is 0 Å². The predicted molar refractivity (Wildman–Crippen MR) is 70.9 cm³/mol. The van der Waals surface area contributed by atoms with Crippen LogP contribution >= 0.6 is 0 Å². The molecule has 0 saturated carbocycles. The smallest absolute Gasteiger partial charge is 0.326 e. The van der Waals surface area contributed by atoms with Crippen LogP contribution in [0.3, 0.4) is 0 Å². The third-order valence-corrected chi connectivity index (χ3v) is 3.60. The summed E-state index contributed by atoms with van der Waals surface area (Å²) in [6, 6.07) is -1.71.